The lowest BCUT2D eigenvalue weighted by molar-refractivity contribution is 0.0696. The minimum absolute atomic E-state index is 0.00627. The number of aromatic hydroxyl groups is 1. The van der Waals surface area contributed by atoms with Crippen LogP contribution in [-0.4, -0.2) is 22.1 Å². The van der Waals surface area contributed by atoms with Crippen LogP contribution in [0.2, 0.25) is 5.02 Å². The number of aromatic carboxylic acids is 1. The Hall–Kier alpha value is -2.05. The molecule has 5 nitrogen and oxygen atoms in total. The lowest BCUT2D eigenvalue weighted by atomic mass is 10.1. The molecule has 0 aromatic heterocycles. The molecule has 0 aliphatic rings. The van der Waals surface area contributed by atoms with E-state index in [2.05, 4.69) is 21.2 Å². The standard InChI is InChI=1S/C14H9BrClNO4/c15-10-3-2-8(16)6-9(10)13(19)17-11-5-7(14(20)21)1-4-12(11)18/h1-6,18H,(H,17,19)(H,20,21). The zero-order chi connectivity index (χ0) is 15.6. The second kappa shape index (κ2) is 6.15. The average Bonchev–Trinajstić information content (AvgIpc) is 2.43. The first-order valence-corrected chi connectivity index (χ1v) is 6.88. The van der Waals surface area contributed by atoms with Gasteiger partial charge in [-0.3, -0.25) is 4.79 Å². The van der Waals surface area contributed by atoms with Gasteiger partial charge in [-0.2, -0.15) is 0 Å². The van der Waals surface area contributed by atoms with Crippen molar-refractivity contribution in [3.8, 4) is 5.75 Å². The lowest BCUT2D eigenvalue weighted by Gasteiger charge is -2.09. The topological polar surface area (TPSA) is 86.6 Å². The zero-order valence-corrected chi connectivity index (χ0v) is 12.8. The molecule has 0 aliphatic heterocycles. The summed E-state index contributed by atoms with van der Waals surface area (Å²) in [5, 5.41) is 21.4. The minimum Gasteiger partial charge on any atom is -0.506 e. The van der Waals surface area contributed by atoms with E-state index in [0.29, 0.717) is 9.50 Å². The maximum Gasteiger partial charge on any atom is 0.335 e. The maximum atomic E-state index is 12.2. The van der Waals surface area contributed by atoms with Crippen molar-refractivity contribution in [1.29, 1.82) is 0 Å². The molecule has 3 N–H and O–H groups in total. The molecule has 0 atom stereocenters. The number of phenolic OH excluding ortho intramolecular Hbond substituents is 1. The van der Waals surface area contributed by atoms with Gasteiger partial charge in [0.15, 0.2) is 0 Å². The van der Waals surface area contributed by atoms with Gasteiger partial charge in [0.05, 0.1) is 16.8 Å². The number of phenols is 1. The Kier molecular flexibility index (Phi) is 4.50. The molecule has 0 spiro atoms. The number of nitrogens with one attached hydrogen (secondary N) is 1. The summed E-state index contributed by atoms with van der Waals surface area (Å²) in [5.41, 5.74) is 0.225. The monoisotopic (exact) mass is 369 g/mol. The van der Waals surface area contributed by atoms with Crippen molar-refractivity contribution in [2.45, 2.75) is 0 Å². The van der Waals surface area contributed by atoms with Crippen molar-refractivity contribution in [3.05, 3.63) is 57.0 Å². The summed E-state index contributed by atoms with van der Waals surface area (Å²) in [7, 11) is 0. The van der Waals surface area contributed by atoms with Gasteiger partial charge >= 0.3 is 5.97 Å². The Labute approximate surface area is 133 Å². The van der Waals surface area contributed by atoms with E-state index in [4.69, 9.17) is 16.7 Å². The van der Waals surface area contributed by atoms with E-state index < -0.39 is 11.9 Å². The van der Waals surface area contributed by atoms with E-state index in [0.717, 1.165) is 0 Å². The van der Waals surface area contributed by atoms with Crippen molar-refractivity contribution in [3.63, 3.8) is 0 Å². The third kappa shape index (κ3) is 3.53. The van der Waals surface area contributed by atoms with Gasteiger partial charge in [-0.25, -0.2) is 4.79 Å². The molecular formula is C14H9BrClNO4. The molecular weight excluding hydrogens is 362 g/mol. The molecule has 0 saturated heterocycles. The van der Waals surface area contributed by atoms with Crippen LogP contribution in [0.1, 0.15) is 20.7 Å². The molecule has 2 rings (SSSR count). The van der Waals surface area contributed by atoms with E-state index >= 15 is 0 Å². The van der Waals surface area contributed by atoms with Crippen LogP contribution in [0.4, 0.5) is 5.69 Å². The Morgan fingerprint density at radius 1 is 1.14 bits per heavy atom. The highest BCUT2D eigenvalue weighted by Gasteiger charge is 2.14. The quantitative estimate of drug-likeness (QED) is 0.718. The smallest absolute Gasteiger partial charge is 0.335 e. The third-order valence-corrected chi connectivity index (χ3v) is 3.59. The van der Waals surface area contributed by atoms with E-state index in [1.54, 1.807) is 12.1 Å². The predicted molar refractivity (Wildman–Crippen MR) is 82.2 cm³/mol. The van der Waals surface area contributed by atoms with Gasteiger partial charge in [-0.05, 0) is 52.3 Å². The highest BCUT2D eigenvalue weighted by atomic mass is 79.9. The molecule has 2 aromatic carbocycles. The first kappa shape index (κ1) is 15.3. The predicted octanol–water partition coefficient (Wildman–Crippen LogP) is 3.76. The minimum atomic E-state index is -1.16. The molecule has 0 bridgehead atoms. The Morgan fingerprint density at radius 2 is 1.86 bits per heavy atom. The average molecular weight is 371 g/mol. The lowest BCUT2D eigenvalue weighted by Crippen LogP contribution is -2.13. The van der Waals surface area contributed by atoms with Crippen molar-refractivity contribution < 1.29 is 19.8 Å². The molecule has 108 valence electrons. The number of halogens is 2. The third-order valence-electron chi connectivity index (χ3n) is 2.66. The molecule has 2 aromatic rings. The van der Waals surface area contributed by atoms with Gasteiger partial charge < -0.3 is 15.5 Å². The summed E-state index contributed by atoms with van der Waals surface area (Å²) in [6.07, 6.45) is 0. The summed E-state index contributed by atoms with van der Waals surface area (Å²) in [5.74, 6) is -1.91. The van der Waals surface area contributed by atoms with Gasteiger partial charge in [0, 0.05) is 9.50 Å². The molecule has 0 fully saturated rings. The molecule has 0 heterocycles. The molecule has 0 radical (unpaired) electrons. The number of carbonyl (C=O) groups excluding carboxylic acids is 1. The molecule has 0 aliphatic carbocycles. The summed E-state index contributed by atoms with van der Waals surface area (Å²) in [6.45, 7) is 0. The van der Waals surface area contributed by atoms with Gasteiger partial charge in [0.2, 0.25) is 0 Å². The van der Waals surface area contributed by atoms with Crippen LogP contribution in [0.3, 0.4) is 0 Å². The van der Waals surface area contributed by atoms with E-state index in [9.17, 15) is 14.7 Å². The van der Waals surface area contributed by atoms with Crippen LogP contribution in [0.15, 0.2) is 40.9 Å². The summed E-state index contributed by atoms with van der Waals surface area (Å²) >= 11 is 9.06. The molecule has 0 unspecified atom stereocenters. The summed E-state index contributed by atoms with van der Waals surface area (Å²) in [6, 6.07) is 8.30. The van der Waals surface area contributed by atoms with Crippen LogP contribution in [-0.2, 0) is 0 Å². The largest absolute Gasteiger partial charge is 0.506 e. The Balaban J connectivity index is 2.33. The number of benzene rings is 2. The second-order valence-corrected chi connectivity index (χ2v) is 5.41. The highest BCUT2D eigenvalue weighted by molar-refractivity contribution is 9.10. The fourth-order valence-corrected chi connectivity index (χ4v) is 2.23. The first-order chi connectivity index (χ1) is 9.88. The van der Waals surface area contributed by atoms with Crippen LogP contribution in [0.25, 0.3) is 0 Å². The van der Waals surface area contributed by atoms with Gasteiger partial charge in [0.25, 0.3) is 5.91 Å². The summed E-state index contributed by atoms with van der Waals surface area (Å²) in [4.78, 5) is 23.1. The van der Waals surface area contributed by atoms with E-state index in [1.807, 2.05) is 0 Å². The van der Waals surface area contributed by atoms with Gasteiger partial charge in [0.1, 0.15) is 5.75 Å². The maximum absolute atomic E-state index is 12.2. The normalized spacial score (nSPS) is 10.2. The molecule has 21 heavy (non-hydrogen) atoms. The zero-order valence-electron chi connectivity index (χ0n) is 10.4. The number of carboxylic acid groups (broad SMARTS) is 1. The Bertz CT molecular complexity index is 733. The van der Waals surface area contributed by atoms with Crippen LogP contribution < -0.4 is 5.32 Å². The van der Waals surface area contributed by atoms with Gasteiger partial charge in [-0.1, -0.05) is 11.6 Å². The number of carbonyl (C=O) groups is 2. The fourth-order valence-electron chi connectivity index (χ4n) is 1.63. The van der Waals surface area contributed by atoms with Crippen molar-refractivity contribution in [1.82, 2.24) is 0 Å². The number of rotatable bonds is 3. The first-order valence-electron chi connectivity index (χ1n) is 5.71. The number of carboxylic acids is 1. The molecule has 0 saturated carbocycles. The Morgan fingerprint density at radius 3 is 2.52 bits per heavy atom. The van der Waals surface area contributed by atoms with Crippen LogP contribution in [0.5, 0.6) is 5.75 Å². The second-order valence-electron chi connectivity index (χ2n) is 4.12. The fraction of sp³-hybridized carbons (Fsp3) is 0. The van der Waals surface area contributed by atoms with Crippen LogP contribution >= 0.6 is 27.5 Å². The number of hydrogen-bond acceptors (Lipinski definition) is 3. The number of hydrogen-bond donors (Lipinski definition) is 3. The highest BCUT2D eigenvalue weighted by Crippen LogP contribution is 2.27. The van der Waals surface area contributed by atoms with Crippen molar-refractivity contribution in [2.24, 2.45) is 0 Å². The summed E-state index contributed by atoms with van der Waals surface area (Å²) < 4.78 is 0.526. The van der Waals surface area contributed by atoms with Gasteiger partial charge in [-0.15, -0.1) is 0 Å². The SMILES string of the molecule is O=C(O)c1ccc(O)c(NC(=O)c2cc(Cl)ccc2Br)c1. The van der Waals surface area contributed by atoms with Crippen molar-refractivity contribution >= 4 is 45.1 Å². The van der Waals surface area contributed by atoms with E-state index in [1.165, 1.54) is 24.3 Å². The van der Waals surface area contributed by atoms with Crippen molar-refractivity contribution in [2.75, 3.05) is 5.32 Å². The molecule has 1 amide bonds. The molecule has 7 heteroatoms. The van der Waals surface area contributed by atoms with Crippen LogP contribution in [0, 0.1) is 0 Å². The number of amides is 1. The number of anilines is 1. The van der Waals surface area contributed by atoms with E-state index in [-0.39, 0.29) is 22.6 Å².